The van der Waals surface area contributed by atoms with Crippen molar-refractivity contribution in [2.24, 2.45) is 0 Å². The standard InChI is InChI=1S/C46H28B2N4/c47-34-23-18-29(19-24-34)43-49-44(30-20-25-35(48)26-21-30)51-45(50-43)31-22-27-41-39(28-31)46(32-10-3-1-4-11-32,33-12-5-2-6-13-33)38-16-9-15-37-36-14-7-8-17-40(36)52(41)42(37)38/h1-28H. The van der Waals surface area contributed by atoms with Crippen LogP contribution in [0, 0.1) is 0 Å². The number of rotatable bonds is 5. The number of benzene rings is 7. The van der Waals surface area contributed by atoms with E-state index < -0.39 is 5.41 Å². The van der Waals surface area contributed by atoms with Gasteiger partial charge in [-0.2, -0.15) is 0 Å². The smallest absolute Gasteiger partial charge is 0.164 e. The molecule has 10 rings (SSSR count). The highest BCUT2D eigenvalue weighted by Gasteiger charge is 2.45. The first-order chi connectivity index (χ1) is 25.6. The quantitative estimate of drug-likeness (QED) is 0.175. The molecule has 7 aromatic carbocycles. The van der Waals surface area contributed by atoms with Crippen LogP contribution in [0.1, 0.15) is 22.3 Å². The third-order valence-corrected chi connectivity index (χ3v) is 10.4. The summed E-state index contributed by atoms with van der Waals surface area (Å²) < 4.78 is 2.44. The van der Waals surface area contributed by atoms with Crippen molar-refractivity contribution in [3.05, 3.63) is 192 Å². The van der Waals surface area contributed by atoms with Gasteiger partial charge in [0.2, 0.25) is 0 Å². The van der Waals surface area contributed by atoms with Gasteiger partial charge in [0.25, 0.3) is 0 Å². The summed E-state index contributed by atoms with van der Waals surface area (Å²) in [4.78, 5) is 15.2. The Hall–Kier alpha value is -6.52. The lowest BCUT2D eigenvalue weighted by atomic mass is 9.63. The molecule has 0 saturated heterocycles. The molecule has 0 amide bonds. The van der Waals surface area contributed by atoms with Crippen LogP contribution in [0.3, 0.4) is 0 Å². The Labute approximate surface area is 304 Å². The van der Waals surface area contributed by atoms with Crippen molar-refractivity contribution in [1.82, 2.24) is 19.5 Å². The molecule has 1 aliphatic heterocycles. The zero-order chi connectivity index (χ0) is 34.8. The van der Waals surface area contributed by atoms with Crippen LogP contribution in [-0.4, -0.2) is 35.2 Å². The molecule has 0 atom stereocenters. The van der Waals surface area contributed by atoms with Gasteiger partial charge in [-0.15, -0.1) is 0 Å². The lowest BCUT2D eigenvalue weighted by molar-refractivity contribution is 0.728. The molecule has 2 aromatic heterocycles. The average Bonchev–Trinajstić information content (AvgIpc) is 3.54. The molecule has 4 radical (unpaired) electrons. The molecule has 0 N–H and O–H groups in total. The van der Waals surface area contributed by atoms with Gasteiger partial charge in [-0.1, -0.05) is 157 Å². The van der Waals surface area contributed by atoms with Gasteiger partial charge in [-0.3, -0.25) is 0 Å². The van der Waals surface area contributed by atoms with Gasteiger partial charge in [-0.05, 0) is 46.5 Å². The van der Waals surface area contributed by atoms with Gasteiger partial charge >= 0.3 is 0 Å². The van der Waals surface area contributed by atoms with E-state index in [1.807, 2.05) is 48.5 Å². The van der Waals surface area contributed by atoms with E-state index in [1.165, 1.54) is 38.5 Å². The number of fused-ring (bicyclic) bond motifs is 5. The van der Waals surface area contributed by atoms with E-state index in [4.69, 9.17) is 30.6 Å². The molecular formula is C46H28B2N4. The second-order valence-corrected chi connectivity index (χ2v) is 13.3. The van der Waals surface area contributed by atoms with Crippen LogP contribution in [0.15, 0.2) is 170 Å². The van der Waals surface area contributed by atoms with E-state index in [9.17, 15) is 0 Å². The normalized spacial score (nSPS) is 12.9. The summed E-state index contributed by atoms with van der Waals surface area (Å²) in [5.74, 6) is 1.71. The fourth-order valence-electron chi connectivity index (χ4n) is 8.08. The highest BCUT2D eigenvalue weighted by atomic mass is 15.0. The number of aromatic nitrogens is 4. The molecule has 238 valence electrons. The van der Waals surface area contributed by atoms with Crippen molar-refractivity contribution < 1.29 is 0 Å². The molecule has 3 heterocycles. The number of nitrogens with zero attached hydrogens (tertiary/aromatic N) is 4. The van der Waals surface area contributed by atoms with Gasteiger partial charge in [0, 0.05) is 27.5 Å². The Morgan fingerprint density at radius 3 is 1.52 bits per heavy atom. The summed E-state index contributed by atoms with van der Waals surface area (Å²) in [7, 11) is 12.1. The largest absolute Gasteiger partial charge is 0.309 e. The highest BCUT2D eigenvalue weighted by molar-refractivity contribution is 6.32. The maximum absolute atomic E-state index is 6.07. The van der Waals surface area contributed by atoms with Crippen LogP contribution in [-0.2, 0) is 5.41 Å². The van der Waals surface area contributed by atoms with E-state index in [0.29, 0.717) is 28.4 Å². The van der Waals surface area contributed by atoms with Gasteiger partial charge in [0.1, 0.15) is 15.7 Å². The van der Waals surface area contributed by atoms with Crippen molar-refractivity contribution in [1.29, 1.82) is 0 Å². The Morgan fingerprint density at radius 1 is 0.423 bits per heavy atom. The molecule has 0 aliphatic carbocycles. The van der Waals surface area contributed by atoms with Gasteiger partial charge in [0.15, 0.2) is 17.5 Å². The lowest BCUT2D eigenvalue weighted by Gasteiger charge is -2.42. The minimum Gasteiger partial charge on any atom is -0.309 e. The number of hydrogen-bond donors (Lipinski definition) is 0. The maximum atomic E-state index is 6.07. The van der Waals surface area contributed by atoms with Gasteiger partial charge in [0.05, 0.1) is 22.1 Å². The molecule has 52 heavy (non-hydrogen) atoms. The molecule has 0 unspecified atom stereocenters. The van der Waals surface area contributed by atoms with Gasteiger partial charge in [-0.25, -0.2) is 15.0 Å². The van der Waals surface area contributed by atoms with Crippen LogP contribution in [0.4, 0.5) is 0 Å². The predicted octanol–water partition coefficient (Wildman–Crippen LogP) is 8.25. The van der Waals surface area contributed by atoms with Crippen molar-refractivity contribution in [3.63, 3.8) is 0 Å². The predicted molar refractivity (Wildman–Crippen MR) is 213 cm³/mol. The highest BCUT2D eigenvalue weighted by Crippen LogP contribution is 2.54. The van der Waals surface area contributed by atoms with Crippen molar-refractivity contribution >= 4 is 48.4 Å². The van der Waals surface area contributed by atoms with Crippen LogP contribution in [0.2, 0.25) is 0 Å². The van der Waals surface area contributed by atoms with Crippen LogP contribution >= 0.6 is 0 Å². The first kappa shape index (κ1) is 30.3. The monoisotopic (exact) mass is 658 g/mol. The van der Waals surface area contributed by atoms with E-state index >= 15 is 0 Å². The van der Waals surface area contributed by atoms with E-state index in [2.05, 4.69) is 126 Å². The molecule has 0 fully saturated rings. The van der Waals surface area contributed by atoms with Crippen molar-refractivity contribution in [2.45, 2.75) is 5.41 Å². The number of hydrogen-bond acceptors (Lipinski definition) is 3. The fourth-order valence-corrected chi connectivity index (χ4v) is 8.08. The second-order valence-electron chi connectivity index (χ2n) is 13.3. The molecular weight excluding hydrogens is 630 g/mol. The van der Waals surface area contributed by atoms with E-state index in [-0.39, 0.29) is 0 Å². The average molecular weight is 658 g/mol. The first-order valence-electron chi connectivity index (χ1n) is 17.4. The molecule has 1 aliphatic rings. The summed E-state index contributed by atoms with van der Waals surface area (Å²) in [5, 5.41) is 2.46. The molecule has 4 nitrogen and oxygen atoms in total. The summed E-state index contributed by atoms with van der Waals surface area (Å²) in [6.45, 7) is 0. The SMILES string of the molecule is [B]c1ccc(-c2nc(-c3ccc([B])cc3)nc(-c3ccc4c(c3)C(c3ccccc3)(c3ccccc3)c3cccc5c6ccccc6n-4c35)n2)cc1. The van der Waals surface area contributed by atoms with Crippen LogP contribution in [0.5, 0.6) is 0 Å². The Morgan fingerprint density at radius 2 is 0.923 bits per heavy atom. The second kappa shape index (κ2) is 11.8. The summed E-state index contributed by atoms with van der Waals surface area (Å²) >= 11 is 0. The summed E-state index contributed by atoms with van der Waals surface area (Å²) in [6.07, 6.45) is 0. The van der Waals surface area contributed by atoms with Crippen molar-refractivity contribution in [2.75, 3.05) is 0 Å². The maximum Gasteiger partial charge on any atom is 0.164 e. The molecule has 9 aromatic rings. The molecule has 6 heteroatoms. The third kappa shape index (κ3) is 4.54. The summed E-state index contributed by atoms with van der Waals surface area (Å²) in [5.41, 5.74) is 11.5. The fraction of sp³-hybridized carbons (Fsp3) is 0.0217. The van der Waals surface area contributed by atoms with Gasteiger partial charge < -0.3 is 4.57 Å². The zero-order valence-corrected chi connectivity index (χ0v) is 28.1. The Balaban J connectivity index is 1.31. The Bertz CT molecular complexity index is 2690. The molecule has 0 bridgehead atoms. The molecule has 0 saturated carbocycles. The molecule has 0 spiro atoms. The van der Waals surface area contributed by atoms with E-state index in [1.54, 1.807) is 0 Å². The topological polar surface area (TPSA) is 43.6 Å². The first-order valence-corrected chi connectivity index (χ1v) is 17.4. The Kier molecular flexibility index (Phi) is 6.87. The van der Waals surface area contributed by atoms with Crippen LogP contribution < -0.4 is 10.9 Å². The van der Waals surface area contributed by atoms with E-state index in [0.717, 1.165) is 27.9 Å². The van der Waals surface area contributed by atoms with Crippen molar-refractivity contribution in [3.8, 4) is 39.9 Å². The number of para-hydroxylation sites is 2. The lowest BCUT2D eigenvalue weighted by Crippen LogP contribution is -2.35. The third-order valence-electron chi connectivity index (χ3n) is 10.4. The zero-order valence-electron chi connectivity index (χ0n) is 28.1. The minimum atomic E-state index is -0.648. The van der Waals surface area contributed by atoms with Crippen LogP contribution in [0.25, 0.3) is 61.7 Å². The summed E-state index contributed by atoms with van der Waals surface area (Å²) in [6, 6.07) is 59.1. The minimum absolute atomic E-state index is 0.565.